The summed E-state index contributed by atoms with van der Waals surface area (Å²) in [6, 6.07) is 0. The summed E-state index contributed by atoms with van der Waals surface area (Å²) in [6.07, 6.45) is 5.46. The van der Waals surface area contributed by atoms with E-state index in [1.165, 1.54) is 25.7 Å². The van der Waals surface area contributed by atoms with Crippen molar-refractivity contribution in [3.8, 4) is 0 Å². The van der Waals surface area contributed by atoms with Gasteiger partial charge in [0.1, 0.15) is 0 Å². The van der Waals surface area contributed by atoms with Gasteiger partial charge in [-0.15, -0.1) is 0 Å². The molecular formula is C13H27NO. The first-order valence-electron chi connectivity index (χ1n) is 6.38. The Morgan fingerprint density at radius 3 is 2.67 bits per heavy atom. The van der Waals surface area contributed by atoms with Crippen LogP contribution in [0.3, 0.4) is 0 Å². The molecule has 0 aromatic rings. The standard InChI is InChI=1S/C13H27NO/c1-5-6-12-9-11(7-8-15-12)10-14-13(2,3)4/h11-12,14H,5-10H2,1-4H3. The van der Waals surface area contributed by atoms with Crippen molar-refractivity contribution in [2.45, 2.75) is 65.0 Å². The van der Waals surface area contributed by atoms with Gasteiger partial charge in [-0.2, -0.15) is 0 Å². The van der Waals surface area contributed by atoms with Crippen LogP contribution in [0.1, 0.15) is 53.4 Å². The van der Waals surface area contributed by atoms with E-state index in [9.17, 15) is 0 Å². The summed E-state index contributed by atoms with van der Waals surface area (Å²) in [5.74, 6) is 0.814. The Morgan fingerprint density at radius 1 is 1.33 bits per heavy atom. The lowest BCUT2D eigenvalue weighted by atomic mass is 9.92. The molecule has 0 aromatic carbocycles. The van der Waals surface area contributed by atoms with E-state index in [4.69, 9.17) is 4.74 Å². The Hall–Kier alpha value is -0.0800. The highest BCUT2D eigenvalue weighted by Gasteiger charge is 2.22. The van der Waals surface area contributed by atoms with Crippen molar-refractivity contribution >= 4 is 0 Å². The molecule has 2 heteroatoms. The van der Waals surface area contributed by atoms with E-state index in [1.54, 1.807) is 0 Å². The molecule has 0 aliphatic carbocycles. The molecule has 0 aromatic heterocycles. The van der Waals surface area contributed by atoms with Crippen LogP contribution in [0, 0.1) is 5.92 Å². The van der Waals surface area contributed by atoms with Crippen molar-refractivity contribution in [3.05, 3.63) is 0 Å². The van der Waals surface area contributed by atoms with Gasteiger partial charge in [-0.1, -0.05) is 13.3 Å². The van der Waals surface area contributed by atoms with E-state index in [0.29, 0.717) is 6.10 Å². The first-order valence-corrected chi connectivity index (χ1v) is 6.38. The van der Waals surface area contributed by atoms with Gasteiger partial charge in [0.2, 0.25) is 0 Å². The maximum atomic E-state index is 5.75. The topological polar surface area (TPSA) is 21.3 Å². The van der Waals surface area contributed by atoms with Crippen LogP contribution in [-0.2, 0) is 4.74 Å². The first-order chi connectivity index (χ1) is 7.01. The SMILES string of the molecule is CCCC1CC(CNC(C)(C)C)CCO1. The summed E-state index contributed by atoms with van der Waals surface area (Å²) in [5.41, 5.74) is 0.249. The maximum Gasteiger partial charge on any atom is 0.0578 e. The Bertz CT molecular complexity index is 172. The Labute approximate surface area is 94.8 Å². The quantitative estimate of drug-likeness (QED) is 0.775. The minimum absolute atomic E-state index is 0.249. The molecule has 90 valence electrons. The minimum Gasteiger partial charge on any atom is -0.378 e. The molecule has 1 aliphatic rings. The summed E-state index contributed by atoms with van der Waals surface area (Å²) in [6.45, 7) is 11.0. The van der Waals surface area contributed by atoms with Crippen molar-refractivity contribution < 1.29 is 4.74 Å². The lowest BCUT2D eigenvalue weighted by Gasteiger charge is -2.32. The second kappa shape index (κ2) is 5.86. The molecule has 0 spiro atoms. The number of hydrogen-bond acceptors (Lipinski definition) is 2. The van der Waals surface area contributed by atoms with Crippen molar-refractivity contribution in [2.24, 2.45) is 5.92 Å². The molecule has 1 saturated heterocycles. The van der Waals surface area contributed by atoms with Gasteiger partial charge in [0.15, 0.2) is 0 Å². The molecule has 2 unspecified atom stereocenters. The molecule has 1 aliphatic heterocycles. The van der Waals surface area contributed by atoms with Gasteiger partial charge >= 0.3 is 0 Å². The zero-order chi connectivity index (χ0) is 11.3. The molecule has 1 heterocycles. The second-order valence-electron chi connectivity index (χ2n) is 5.80. The van der Waals surface area contributed by atoms with Gasteiger partial charge in [-0.25, -0.2) is 0 Å². The zero-order valence-electron chi connectivity index (χ0n) is 10.8. The average Bonchev–Trinajstić information content (AvgIpc) is 2.15. The number of rotatable bonds is 4. The van der Waals surface area contributed by atoms with Crippen molar-refractivity contribution in [3.63, 3.8) is 0 Å². The lowest BCUT2D eigenvalue weighted by Crippen LogP contribution is -2.41. The van der Waals surface area contributed by atoms with Crippen LogP contribution >= 0.6 is 0 Å². The third kappa shape index (κ3) is 5.53. The maximum absolute atomic E-state index is 5.75. The predicted octanol–water partition coefficient (Wildman–Crippen LogP) is 2.97. The molecule has 0 radical (unpaired) electrons. The van der Waals surface area contributed by atoms with Gasteiger partial charge < -0.3 is 10.1 Å². The number of ether oxygens (including phenoxy) is 1. The fourth-order valence-corrected chi connectivity index (χ4v) is 2.12. The van der Waals surface area contributed by atoms with Crippen LogP contribution in [-0.4, -0.2) is 24.8 Å². The van der Waals surface area contributed by atoms with Gasteiger partial charge in [-0.3, -0.25) is 0 Å². The summed E-state index contributed by atoms with van der Waals surface area (Å²) in [5, 5.41) is 3.60. The van der Waals surface area contributed by atoms with E-state index >= 15 is 0 Å². The highest BCUT2D eigenvalue weighted by Crippen LogP contribution is 2.23. The number of hydrogen-bond donors (Lipinski definition) is 1. The molecule has 15 heavy (non-hydrogen) atoms. The summed E-state index contributed by atoms with van der Waals surface area (Å²) >= 11 is 0. The zero-order valence-corrected chi connectivity index (χ0v) is 10.8. The van der Waals surface area contributed by atoms with E-state index in [1.807, 2.05) is 0 Å². The molecule has 0 amide bonds. The van der Waals surface area contributed by atoms with Crippen LogP contribution in [0.4, 0.5) is 0 Å². The average molecular weight is 213 g/mol. The Morgan fingerprint density at radius 2 is 2.07 bits per heavy atom. The highest BCUT2D eigenvalue weighted by molar-refractivity contribution is 4.77. The Balaban J connectivity index is 2.24. The van der Waals surface area contributed by atoms with Crippen LogP contribution in [0.2, 0.25) is 0 Å². The smallest absolute Gasteiger partial charge is 0.0578 e. The minimum atomic E-state index is 0.249. The van der Waals surface area contributed by atoms with Crippen molar-refractivity contribution in [1.82, 2.24) is 5.32 Å². The number of nitrogens with one attached hydrogen (secondary N) is 1. The molecule has 0 bridgehead atoms. The second-order valence-corrected chi connectivity index (χ2v) is 5.80. The molecule has 0 saturated carbocycles. The van der Waals surface area contributed by atoms with Gasteiger partial charge in [0, 0.05) is 12.1 Å². The summed E-state index contributed by atoms with van der Waals surface area (Å²) in [7, 11) is 0. The largest absolute Gasteiger partial charge is 0.378 e. The first kappa shape index (κ1) is 13.0. The highest BCUT2D eigenvalue weighted by atomic mass is 16.5. The van der Waals surface area contributed by atoms with Crippen LogP contribution < -0.4 is 5.32 Å². The normalized spacial score (nSPS) is 28.0. The molecular weight excluding hydrogens is 186 g/mol. The van der Waals surface area contributed by atoms with Crippen LogP contribution in [0.15, 0.2) is 0 Å². The van der Waals surface area contributed by atoms with E-state index in [2.05, 4.69) is 33.0 Å². The van der Waals surface area contributed by atoms with E-state index in [-0.39, 0.29) is 5.54 Å². The van der Waals surface area contributed by atoms with Gasteiger partial charge in [0.05, 0.1) is 6.10 Å². The molecule has 2 nitrogen and oxygen atoms in total. The predicted molar refractivity (Wildman–Crippen MR) is 65.1 cm³/mol. The third-order valence-electron chi connectivity index (χ3n) is 3.01. The third-order valence-corrected chi connectivity index (χ3v) is 3.01. The molecule has 1 N–H and O–H groups in total. The van der Waals surface area contributed by atoms with Crippen molar-refractivity contribution in [2.75, 3.05) is 13.2 Å². The van der Waals surface area contributed by atoms with E-state index < -0.39 is 0 Å². The van der Waals surface area contributed by atoms with Crippen LogP contribution in [0.5, 0.6) is 0 Å². The Kier molecular flexibility index (Phi) is 5.07. The van der Waals surface area contributed by atoms with Crippen molar-refractivity contribution in [1.29, 1.82) is 0 Å². The summed E-state index contributed by atoms with van der Waals surface area (Å²) in [4.78, 5) is 0. The summed E-state index contributed by atoms with van der Waals surface area (Å²) < 4.78 is 5.75. The van der Waals surface area contributed by atoms with Crippen LogP contribution in [0.25, 0.3) is 0 Å². The monoisotopic (exact) mass is 213 g/mol. The molecule has 1 rings (SSSR count). The fourth-order valence-electron chi connectivity index (χ4n) is 2.12. The fraction of sp³-hybridized carbons (Fsp3) is 1.00. The molecule has 1 fully saturated rings. The van der Waals surface area contributed by atoms with E-state index in [0.717, 1.165) is 19.1 Å². The lowest BCUT2D eigenvalue weighted by molar-refractivity contribution is -0.0140. The molecule has 2 atom stereocenters. The van der Waals surface area contributed by atoms with Gasteiger partial charge in [-0.05, 0) is 52.5 Å². The van der Waals surface area contributed by atoms with Gasteiger partial charge in [0.25, 0.3) is 0 Å².